The summed E-state index contributed by atoms with van der Waals surface area (Å²) in [5.74, 6) is 13.9. The number of rotatable bonds is 8. The van der Waals surface area contributed by atoms with Crippen molar-refractivity contribution in [2.45, 2.75) is 58.8 Å². The van der Waals surface area contributed by atoms with E-state index in [9.17, 15) is 15.3 Å². The highest BCUT2D eigenvalue weighted by molar-refractivity contribution is 7.09. The van der Waals surface area contributed by atoms with E-state index in [-0.39, 0.29) is 23.8 Å². The van der Waals surface area contributed by atoms with Gasteiger partial charge in [0.05, 0.1) is 22.4 Å². The minimum Gasteiger partial charge on any atom is -0.386 e. The average Bonchev–Trinajstić information content (AvgIpc) is 4.03. The first-order valence-electron chi connectivity index (χ1n) is 18.3. The Morgan fingerprint density at radius 3 is 2.39 bits per heavy atom. The number of benzene rings is 2. The van der Waals surface area contributed by atoms with Crippen LogP contribution in [0.1, 0.15) is 72.9 Å². The molecule has 6 heterocycles. The number of hydrogen-bond acceptors (Lipinski definition) is 16. The van der Waals surface area contributed by atoms with Gasteiger partial charge < -0.3 is 30.9 Å². The number of thiazole rings is 1. The Hall–Kier alpha value is -7.09. The summed E-state index contributed by atoms with van der Waals surface area (Å²) in [5.41, 5.74) is 6.94. The molecule has 0 amide bonds. The standard InChI is InChI=1S/C41H37N13O4S/c1-22(2)35(55)33-27-8-7-25(9-12-40(5,56)31-17-23(3)58-52-31)19-29(27)54(51-33)32-11-14-44-38(49-32)48-28-18-26(10-13-41(6,57)36-43-15-16-59-36)20-30-34(28)47-24(4)53(30)39-46-21-45-37(42)50-39/h7-8,11,14-22,35,55-57H,1-6H3,(H,44,48,49)(H2,42,45,46,50). The van der Waals surface area contributed by atoms with Crippen LogP contribution in [0.15, 0.2) is 71.1 Å². The predicted octanol–water partition coefficient (Wildman–Crippen LogP) is 4.93. The second-order valence-electron chi connectivity index (χ2n) is 14.4. The molecule has 17 nitrogen and oxygen atoms in total. The molecule has 0 saturated heterocycles. The second-order valence-corrected chi connectivity index (χ2v) is 15.3. The van der Waals surface area contributed by atoms with Gasteiger partial charge in [-0.3, -0.25) is 4.57 Å². The van der Waals surface area contributed by atoms with Crippen LogP contribution in [0.25, 0.3) is 33.7 Å². The minimum absolute atomic E-state index is 0.0399. The molecule has 18 heteroatoms. The summed E-state index contributed by atoms with van der Waals surface area (Å²) in [6, 6.07) is 12.4. The third-order valence-electron chi connectivity index (χ3n) is 9.31. The van der Waals surface area contributed by atoms with Gasteiger partial charge in [0.15, 0.2) is 17.0 Å². The van der Waals surface area contributed by atoms with E-state index < -0.39 is 17.3 Å². The monoisotopic (exact) mass is 807 g/mol. The first-order chi connectivity index (χ1) is 28.2. The zero-order valence-electron chi connectivity index (χ0n) is 32.7. The normalized spacial score (nSPS) is 14.0. The number of fused-ring (bicyclic) bond motifs is 2. The van der Waals surface area contributed by atoms with Crippen LogP contribution in [0.2, 0.25) is 0 Å². The number of aromatic nitrogens is 11. The first-order valence-corrected chi connectivity index (χ1v) is 19.2. The van der Waals surface area contributed by atoms with Crippen molar-refractivity contribution >= 4 is 50.9 Å². The van der Waals surface area contributed by atoms with E-state index in [1.807, 2.05) is 32.0 Å². The molecule has 0 aliphatic heterocycles. The van der Waals surface area contributed by atoms with Gasteiger partial charge in [-0.05, 0) is 63.9 Å². The fourth-order valence-electron chi connectivity index (χ4n) is 6.26. The molecule has 0 spiro atoms. The molecule has 0 saturated carbocycles. The molecule has 59 heavy (non-hydrogen) atoms. The number of nitrogens with one attached hydrogen (secondary N) is 1. The van der Waals surface area contributed by atoms with E-state index in [4.69, 9.17) is 25.3 Å². The van der Waals surface area contributed by atoms with Crippen LogP contribution in [0.5, 0.6) is 0 Å². The predicted molar refractivity (Wildman–Crippen MR) is 220 cm³/mol. The lowest BCUT2D eigenvalue weighted by Crippen LogP contribution is -2.18. The van der Waals surface area contributed by atoms with Crippen molar-refractivity contribution in [2.24, 2.45) is 5.92 Å². The van der Waals surface area contributed by atoms with Crippen LogP contribution in [-0.4, -0.2) is 69.7 Å². The zero-order valence-corrected chi connectivity index (χ0v) is 33.5. The lowest BCUT2D eigenvalue weighted by molar-refractivity contribution is 0.112. The minimum atomic E-state index is -1.57. The Morgan fingerprint density at radius 1 is 0.881 bits per heavy atom. The summed E-state index contributed by atoms with van der Waals surface area (Å²) in [6.07, 6.45) is 3.64. The highest BCUT2D eigenvalue weighted by atomic mass is 32.1. The topological polar surface area (TPSA) is 238 Å². The molecule has 6 N–H and O–H groups in total. The highest BCUT2D eigenvalue weighted by Crippen LogP contribution is 2.33. The lowest BCUT2D eigenvalue weighted by atomic mass is 10.00. The molecule has 2 aromatic carbocycles. The SMILES string of the molecule is Cc1cc(C(C)(O)C#Cc2ccc3c(C(O)C(C)C)nn(-c4ccnc(Nc5cc(C#CC(C)(O)c6nccs6)cc6c5nc(C)n6-c5ncnc(N)n5)n4)c3c2)no1. The van der Waals surface area contributed by atoms with Crippen LogP contribution < -0.4 is 11.1 Å². The van der Waals surface area contributed by atoms with Crippen LogP contribution >= 0.6 is 11.3 Å². The van der Waals surface area contributed by atoms with Gasteiger partial charge in [0.2, 0.25) is 17.8 Å². The Morgan fingerprint density at radius 2 is 1.66 bits per heavy atom. The van der Waals surface area contributed by atoms with E-state index in [1.165, 1.54) is 17.7 Å². The van der Waals surface area contributed by atoms with E-state index in [2.05, 4.69) is 59.1 Å². The van der Waals surface area contributed by atoms with E-state index in [0.717, 1.165) is 0 Å². The van der Waals surface area contributed by atoms with Crippen LogP contribution in [0, 0.1) is 43.4 Å². The van der Waals surface area contributed by atoms with E-state index in [0.29, 0.717) is 72.5 Å². The van der Waals surface area contributed by atoms with Crippen molar-refractivity contribution in [1.82, 2.24) is 54.4 Å². The summed E-state index contributed by atoms with van der Waals surface area (Å²) in [6.45, 7) is 10.5. The van der Waals surface area contributed by atoms with Gasteiger partial charge in [-0.2, -0.15) is 15.1 Å². The molecular formula is C41H37N13O4S. The van der Waals surface area contributed by atoms with E-state index >= 15 is 0 Å². The average molecular weight is 808 g/mol. The van der Waals surface area contributed by atoms with Gasteiger partial charge in [-0.1, -0.05) is 42.7 Å². The van der Waals surface area contributed by atoms with Gasteiger partial charge in [-0.25, -0.2) is 29.6 Å². The van der Waals surface area contributed by atoms with E-state index in [1.54, 1.807) is 79.0 Å². The second kappa shape index (κ2) is 15.0. The molecule has 3 atom stereocenters. The Balaban J connectivity index is 1.22. The number of aliphatic hydroxyl groups excluding tert-OH is 1. The van der Waals surface area contributed by atoms with Gasteiger partial charge in [0, 0.05) is 46.4 Å². The number of hydrogen-bond donors (Lipinski definition) is 5. The molecule has 0 aliphatic carbocycles. The van der Waals surface area contributed by atoms with Crippen molar-refractivity contribution in [3.05, 3.63) is 106 Å². The van der Waals surface area contributed by atoms with Crippen molar-refractivity contribution < 1.29 is 19.8 Å². The third kappa shape index (κ3) is 7.68. The van der Waals surface area contributed by atoms with Gasteiger partial charge in [-0.15, -0.1) is 11.3 Å². The van der Waals surface area contributed by atoms with Crippen LogP contribution in [-0.2, 0) is 11.2 Å². The lowest BCUT2D eigenvalue weighted by Gasteiger charge is -2.12. The van der Waals surface area contributed by atoms with Gasteiger partial charge in [0.25, 0.3) is 0 Å². The first kappa shape index (κ1) is 38.8. The summed E-state index contributed by atoms with van der Waals surface area (Å²) in [7, 11) is 0. The Kier molecular flexibility index (Phi) is 9.86. The van der Waals surface area contributed by atoms with Crippen molar-refractivity contribution in [3.63, 3.8) is 0 Å². The fourth-order valence-corrected chi connectivity index (χ4v) is 6.91. The number of imidazole rings is 1. The Bertz CT molecular complexity index is 3000. The molecular weight excluding hydrogens is 771 g/mol. The highest BCUT2D eigenvalue weighted by Gasteiger charge is 2.26. The third-order valence-corrected chi connectivity index (χ3v) is 10.3. The summed E-state index contributed by atoms with van der Waals surface area (Å²) in [4.78, 5) is 31.1. The zero-order chi connectivity index (χ0) is 41.6. The molecule has 296 valence electrons. The largest absolute Gasteiger partial charge is 0.386 e. The molecule has 0 radical (unpaired) electrons. The fraction of sp³-hybridized carbons (Fsp3) is 0.244. The van der Waals surface area contributed by atoms with Gasteiger partial charge in [0.1, 0.15) is 40.2 Å². The number of aliphatic hydroxyl groups is 3. The molecule has 8 aromatic rings. The summed E-state index contributed by atoms with van der Waals surface area (Å²) < 4.78 is 8.49. The maximum atomic E-state index is 11.3. The van der Waals surface area contributed by atoms with Crippen molar-refractivity contribution in [2.75, 3.05) is 11.1 Å². The molecule has 6 aromatic heterocycles. The molecule has 8 rings (SSSR count). The van der Waals surface area contributed by atoms with Gasteiger partial charge >= 0.3 is 0 Å². The van der Waals surface area contributed by atoms with Crippen LogP contribution in [0.4, 0.5) is 17.6 Å². The number of nitrogens with zero attached hydrogens (tertiary/aromatic N) is 11. The van der Waals surface area contributed by atoms with Crippen molar-refractivity contribution in [3.8, 4) is 35.4 Å². The maximum absolute atomic E-state index is 11.3. The molecule has 3 unspecified atom stereocenters. The summed E-state index contributed by atoms with van der Waals surface area (Å²) >= 11 is 1.30. The maximum Gasteiger partial charge on any atom is 0.240 e. The number of aryl methyl sites for hydroxylation is 2. The smallest absolute Gasteiger partial charge is 0.240 e. The number of nitrogens with two attached hydrogens (primary N) is 1. The molecule has 0 bridgehead atoms. The van der Waals surface area contributed by atoms with Crippen molar-refractivity contribution in [1.29, 1.82) is 0 Å². The summed E-state index contributed by atoms with van der Waals surface area (Å²) in [5, 5.41) is 48.5. The Labute approximate surface area is 341 Å². The quantitative estimate of drug-likeness (QED) is 0.128. The number of nitrogen functional groups attached to an aromatic ring is 1. The number of anilines is 3. The van der Waals surface area contributed by atoms with Crippen LogP contribution in [0.3, 0.4) is 0 Å². The molecule has 0 fully saturated rings. The molecule has 0 aliphatic rings.